The second kappa shape index (κ2) is 10.1. The summed E-state index contributed by atoms with van der Waals surface area (Å²) >= 11 is 0. The highest BCUT2D eigenvalue weighted by molar-refractivity contribution is 7.89. The van der Waals surface area contributed by atoms with Gasteiger partial charge in [-0.25, -0.2) is 12.8 Å². The first-order valence-electron chi connectivity index (χ1n) is 10.4. The fourth-order valence-electron chi connectivity index (χ4n) is 3.42. The van der Waals surface area contributed by atoms with Crippen molar-refractivity contribution in [3.63, 3.8) is 0 Å². The topological polar surface area (TPSA) is 84.9 Å². The molecule has 0 spiro atoms. The molecule has 7 nitrogen and oxygen atoms in total. The van der Waals surface area contributed by atoms with Crippen LogP contribution in [0.25, 0.3) is 0 Å². The fourth-order valence-corrected chi connectivity index (χ4v) is 5.05. The van der Waals surface area contributed by atoms with E-state index in [-0.39, 0.29) is 23.2 Å². The predicted molar refractivity (Wildman–Crippen MR) is 120 cm³/mol. The van der Waals surface area contributed by atoms with Crippen molar-refractivity contribution in [1.82, 2.24) is 9.62 Å². The number of halogens is 1. The molecule has 3 aromatic carbocycles. The van der Waals surface area contributed by atoms with E-state index in [0.717, 1.165) is 0 Å². The number of nitrogens with zero attached hydrogens (tertiary/aromatic N) is 1. The standard InChI is InChI=1S/C24H23FN2O5S/c25-20-7-11-22(12-8-20)32-21-9-5-18(6-10-21)24(28)26-17-19-3-1-2-4-23(19)33(29,30)27-13-15-31-16-14-27/h1-12H,13-17H2,(H,26,28). The zero-order valence-electron chi connectivity index (χ0n) is 17.7. The number of ether oxygens (including phenoxy) is 2. The lowest BCUT2D eigenvalue weighted by atomic mass is 10.2. The van der Waals surface area contributed by atoms with Crippen LogP contribution in [0.3, 0.4) is 0 Å². The number of nitrogens with one attached hydrogen (secondary N) is 1. The molecule has 4 rings (SSSR count). The molecular formula is C24H23FN2O5S. The number of morpholine rings is 1. The van der Waals surface area contributed by atoms with Crippen LogP contribution in [0.1, 0.15) is 15.9 Å². The summed E-state index contributed by atoms with van der Waals surface area (Å²) in [6.07, 6.45) is 0. The van der Waals surface area contributed by atoms with Gasteiger partial charge in [0.15, 0.2) is 0 Å². The SMILES string of the molecule is O=C(NCc1ccccc1S(=O)(=O)N1CCOCC1)c1ccc(Oc2ccc(F)cc2)cc1. The maximum absolute atomic E-state index is 13.1. The van der Waals surface area contributed by atoms with Crippen LogP contribution in [0, 0.1) is 5.82 Å². The van der Waals surface area contributed by atoms with Gasteiger partial charge in [0.05, 0.1) is 18.1 Å². The highest BCUT2D eigenvalue weighted by Crippen LogP contribution is 2.23. The predicted octanol–water partition coefficient (Wildman–Crippen LogP) is 3.57. The van der Waals surface area contributed by atoms with Crippen LogP contribution in [0.5, 0.6) is 11.5 Å². The molecule has 1 heterocycles. The Morgan fingerprint density at radius 2 is 1.55 bits per heavy atom. The largest absolute Gasteiger partial charge is 0.457 e. The summed E-state index contributed by atoms with van der Waals surface area (Å²) < 4.78 is 51.4. The Morgan fingerprint density at radius 3 is 2.21 bits per heavy atom. The van der Waals surface area contributed by atoms with E-state index in [2.05, 4.69) is 5.32 Å². The van der Waals surface area contributed by atoms with Crippen molar-refractivity contribution in [2.24, 2.45) is 0 Å². The third kappa shape index (κ3) is 5.57. The Kier molecular flexibility index (Phi) is 7.02. The van der Waals surface area contributed by atoms with Crippen molar-refractivity contribution < 1.29 is 27.1 Å². The van der Waals surface area contributed by atoms with E-state index in [1.54, 1.807) is 48.5 Å². The van der Waals surface area contributed by atoms with Crippen LogP contribution in [0.15, 0.2) is 77.7 Å². The first kappa shape index (κ1) is 22.9. The molecule has 1 amide bonds. The zero-order chi connectivity index (χ0) is 23.3. The number of benzene rings is 3. The van der Waals surface area contributed by atoms with Gasteiger partial charge in [-0.1, -0.05) is 18.2 Å². The Labute approximate surface area is 191 Å². The number of hydrogen-bond donors (Lipinski definition) is 1. The molecule has 3 aromatic rings. The molecule has 0 saturated carbocycles. The minimum Gasteiger partial charge on any atom is -0.457 e. The molecule has 0 unspecified atom stereocenters. The van der Waals surface area contributed by atoms with Crippen LogP contribution >= 0.6 is 0 Å². The van der Waals surface area contributed by atoms with Gasteiger partial charge in [-0.2, -0.15) is 4.31 Å². The van der Waals surface area contributed by atoms with E-state index in [4.69, 9.17) is 9.47 Å². The first-order chi connectivity index (χ1) is 15.9. The van der Waals surface area contributed by atoms with Gasteiger partial charge in [0.25, 0.3) is 5.91 Å². The molecule has 1 fully saturated rings. The average Bonchev–Trinajstić information content (AvgIpc) is 2.85. The highest BCUT2D eigenvalue weighted by Gasteiger charge is 2.28. The molecule has 0 atom stereocenters. The van der Waals surface area contributed by atoms with Crippen molar-refractivity contribution in [3.05, 3.63) is 89.7 Å². The van der Waals surface area contributed by atoms with Crippen molar-refractivity contribution in [1.29, 1.82) is 0 Å². The Bertz CT molecular complexity index is 1210. The van der Waals surface area contributed by atoms with Crippen molar-refractivity contribution in [2.45, 2.75) is 11.4 Å². The smallest absolute Gasteiger partial charge is 0.251 e. The molecule has 1 saturated heterocycles. The monoisotopic (exact) mass is 470 g/mol. The summed E-state index contributed by atoms with van der Waals surface area (Å²) in [6.45, 7) is 1.38. The maximum Gasteiger partial charge on any atom is 0.251 e. The first-order valence-corrected chi connectivity index (χ1v) is 11.8. The second-order valence-electron chi connectivity index (χ2n) is 7.39. The minimum absolute atomic E-state index is 0.0619. The number of carbonyl (C=O) groups excluding carboxylic acids is 1. The van der Waals surface area contributed by atoms with Gasteiger partial charge in [-0.15, -0.1) is 0 Å². The molecule has 0 aromatic heterocycles. The lowest BCUT2D eigenvalue weighted by Crippen LogP contribution is -2.41. The molecule has 172 valence electrons. The summed E-state index contributed by atoms with van der Waals surface area (Å²) in [5, 5.41) is 2.78. The summed E-state index contributed by atoms with van der Waals surface area (Å²) in [4.78, 5) is 12.8. The van der Waals surface area contributed by atoms with Gasteiger partial charge in [-0.3, -0.25) is 4.79 Å². The van der Waals surface area contributed by atoms with E-state index < -0.39 is 10.0 Å². The third-order valence-electron chi connectivity index (χ3n) is 5.17. The number of amides is 1. The highest BCUT2D eigenvalue weighted by atomic mass is 32.2. The Morgan fingerprint density at radius 1 is 0.939 bits per heavy atom. The van der Waals surface area contributed by atoms with Crippen LogP contribution in [-0.2, 0) is 21.3 Å². The molecule has 1 N–H and O–H groups in total. The van der Waals surface area contributed by atoms with E-state index in [9.17, 15) is 17.6 Å². The van der Waals surface area contributed by atoms with Crippen molar-refractivity contribution >= 4 is 15.9 Å². The van der Waals surface area contributed by atoms with E-state index in [0.29, 0.717) is 48.9 Å². The normalized spacial score (nSPS) is 14.6. The maximum atomic E-state index is 13.1. The van der Waals surface area contributed by atoms with Crippen molar-refractivity contribution in [2.75, 3.05) is 26.3 Å². The summed E-state index contributed by atoms with van der Waals surface area (Å²) in [5.41, 5.74) is 0.906. The van der Waals surface area contributed by atoms with Gasteiger partial charge in [-0.05, 0) is 60.2 Å². The summed E-state index contributed by atoms with van der Waals surface area (Å²) in [5.74, 6) is 0.280. The van der Waals surface area contributed by atoms with E-state index in [1.807, 2.05) is 0 Å². The third-order valence-corrected chi connectivity index (χ3v) is 7.16. The van der Waals surface area contributed by atoms with Gasteiger partial charge >= 0.3 is 0 Å². The molecule has 1 aliphatic rings. The number of carbonyl (C=O) groups is 1. The Balaban J connectivity index is 1.41. The Hall–Kier alpha value is -3.27. The summed E-state index contributed by atoms with van der Waals surface area (Å²) in [6, 6.07) is 18.7. The van der Waals surface area contributed by atoms with Gasteiger partial charge in [0.2, 0.25) is 10.0 Å². The second-order valence-corrected chi connectivity index (χ2v) is 9.29. The lowest BCUT2D eigenvalue weighted by molar-refractivity contribution is 0.0730. The molecule has 0 bridgehead atoms. The fraction of sp³-hybridized carbons (Fsp3) is 0.208. The number of hydrogen-bond acceptors (Lipinski definition) is 5. The van der Waals surface area contributed by atoms with Crippen LogP contribution in [0.2, 0.25) is 0 Å². The number of sulfonamides is 1. The summed E-state index contributed by atoms with van der Waals surface area (Å²) in [7, 11) is -3.68. The molecule has 9 heteroatoms. The molecule has 0 radical (unpaired) electrons. The molecular weight excluding hydrogens is 447 g/mol. The van der Waals surface area contributed by atoms with E-state index >= 15 is 0 Å². The van der Waals surface area contributed by atoms with Gasteiger partial charge in [0, 0.05) is 25.2 Å². The zero-order valence-corrected chi connectivity index (χ0v) is 18.6. The van der Waals surface area contributed by atoms with Crippen molar-refractivity contribution in [3.8, 4) is 11.5 Å². The lowest BCUT2D eigenvalue weighted by Gasteiger charge is -2.27. The quantitative estimate of drug-likeness (QED) is 0.571. The molecule has 1 aliphatic heterocycles. The molecule has 33 heavy (non-hydrogen) atoms. The van der Waals surface area contributed by atoms with Gasteiger partial charge in [0.1, 0.15) is 17.3 Å². The van der Waals surface area contributed by atoms with Crippen LogP contribution < -0.4 is 10.1 Å². The van der Waals surface area contributed by atoms with E-state index in [1.165, 1.54) is 28.6 Å². The number of rotatable bonds is 7. The van der Waals surface area contributed by atoms with Crippen LogP contribution in [-0.4, -0.2) is 44.9 Å². The van der Waals surface area contributed by atoms with Crippen LogP contribution in [0.4, 0.5) is 4.39 Å². The van der Waals surface area contributed by atoms with Gasteiger partial charge < -0.3 is 14.8 Å². The molecule has 0 aliphatic carbocycles. The average molecular weight is 471 g/mol. The minimum atomic E-state index is -3.68.